The zero-order valence-electron chi connectivity index (χ0n) is 24.8. The second kappa shape index (κ2) is 17.3. The number of benzene rings is 6. The molecule has 6 aromatic carbocycles. The summed E-state index contributed by atoms with van der Waals surface area (Å²) < 4.78 is 12.3. The molecule has 45 heavy (non-hydrogen) atoms. The Bertz CT molecular complexity index is 1570. The molecule has 0 bridgehead atoms. The van der Waals surface area contributed by atoms with Crippen LogP contribution in [0.2, 0.25) is 0 Å². The zero-order valence-corrected chi connectivity index (χ0v) is 31.5. The van der Waals surface area contributed by atoms with Crippen LogP contribution in [0.1, 0.15) is 0 Å². The van der Waals surface area contributed by atoms with Crippen molar-refractivity contribution >= 4 is 74.9 Å². The van der Waals surface area contributed by atoms with Crippen molar-refractivity contribution in [3.63, 3.8) is 0 Å². The number of methoxy groups -OCH3 is 2. The fourth-order valence-corrected chi connectivity index (χ4v) is 10.4. The molecule has 0 aliphatic rings. The van der Waals surface area contributed by atoms with Crippen LogP contribution in [0.15, 0.2) is 158 Å². The summed E-state index contributed by atoms with van der Waals surface area (Å²) in [7, 11) is 1.74. The molecule has 6 aromatic rings. The SMILES string of the molecule is COc1cccc(P(c2ccccc2)c2ccccc2)c1-c1c(OC)cccc1P(c1ccccc1)c1ccccc1.[Br][Ru][Br]. The summed E-state index contributed by atoms with van der Waals surface area (Å²) in [6.07, 6.45) is 0. The van der Waals surface area contributed by atoms with E-state index in [1.165, 1.54) is 31.8 Å². The molecule has 0 aliphatic carbocycles. The number of hydrogen-bond donors (Lipinski definition) is 0. The van der Waals surface area contributed by atoms with Gasteiger partial charge in [-0.3, -0.25) is 0 Å². The Labute approximate surface area is 290 Å². The van der Waals surface area contributed by atoms with Crippen LogP contribution in [-0.2, 0) is 13.2 Å². The predicted octanol–water partition coefficient (Wildman–Crippen LogP) is 8.58. The van der Waals surface area contributed by atoms with Gasteiger partial charge in [-0.25, -0.2) is 0 Å². The number of rotatable bonds is 9. The summed E-state index contributed by atoms with van der Waals surface area (Å²) in [5, 5.41) is 7.64. The molecule has 0 aliphatic heterocycles. The molecule has 0 amide bonds. The Morgan fingerprint density at radius 1 is 0.400 bits per heavy atom. The second-order valence-electron chi connectivity index (χ2n) is 9.77. The molecular formula is C38H32Br2O2P2Ru. The van der Waals surface area contributed by atoms with E-state index in [1.807, 2.05) is 0 Å². The van der Waals surface area contributed by atoms with Gasteiger partial charge in [-0.1, -0.05) is 146 Å². The van der Waals surface area contributed by atoms with Crippen molar-refractivity contribution in [1.82, 2.24) is 0 Å². The van der Waals surface area contributed by atoms with E-state index in [2.05, 4.69) is 185 Å². The van der Waals surface area contributed by atoms with Crippen LogP contribution in [0.4, 0.5) is 0 Å². The first kappa shape index (κ1) is 33.7. The molecule has 2 nitrogen and oxygen atoms in total. The van der Waals surface area contributed by atoms with Gasteiger partial charge in [0.2, 0.25) is 0 Å². The van der Waals surface area contributed by atoms with Crippen molar-refractivity contribution in [3.8, 4) is 22.6 Å². The van der Waals surface area contributed by atoms with Crippen molar-refractivity contribution < 1.29 is 22.7 Å². The molecule has 0 saturated carbocycles. The molecule has 0 unspecified atom stereocenters. The molecule has 7 heteroatoms. The van der Waals surface area contributed by atoms with E-state index in [1.54, 1.807) is 14.2 Å². The zero-order chi connectivity index (χ0) is 31.4. The van der Waals surface area contributed by atoms with Crippen LogP contribution in [0.25, 0.3) is 11.1 Å². The fourth-order valence-electron chi connectivity index (χ4n) is 5.42. The second-order valence-corrected chi connectivity index (χ2v) is 22.2. The van der Waals surface area contributed by atoms with Gasteiger partial charge in [0.05, 0.1) is 14.2 Å². The van der Waals surface area contributed by atoms with Gasteiger partial charge < -0.3 is 9.47 Å². The molecule has 0 radical (unpaired) electrons. The number of hydrogen-bond acceptors (Lipinski definition) is 2. The summed E-state index contributed by atoms with van der Waals surface area (Å²) in [6, 6.07) is 56.2. The van der Waals surface area contributed by atoms with Gasteiger partial charge in [0.15, 0.2) is 0 Å². The average molecular weight is 843 g/mol. The Morgan fingerprint density at radius 3 is 0.911 bits per heavy atom. The van der Waals surface area contributed by atoms with Crippen LogP contribution in [-0.4, -0.2) is 14.2 Å². The third kappa shape index (κ3) is 8.03. The van der Waals surface area contributed by atoms with Gasteiger partial charge in [-0.05, 0) is 59.8 Å². The van der Waals surface area contributed by atoms with E-state index in [4.69, 9.17) is 9.47 Å². The fraction of sp³-hybridized carbons (Fsp3) is 0.0526. The van der Waals surface area contributed by atoms with Crippen molar-refractivity contribution in [1.29, 1.82) is 0 Å². The van der Waals surface area contributed by atoms with Crippen molar-refractivity contribution in [3.05, 3.63) is 158 Å². The number of halogens is 2. The van der Waals surface area contributed by atoms with Crippen LogP contribution in [0.5, 0.6) is 11.5 Å². The maximum absolute atomic E-state index is 6.17. The normalized spacial score (nSPS) is 10.8. The molecule has 0 aromatic heterocycles. The van der Waals surface area contributed by atoms with Crippen LogP contribution >= 0.6 is 43.1 Å². The van der Waals surface area contributed by atoms with Crippen molar-refractivity contribution in [2.45, 2.75) is 0 Å². The summed E-state index contributed by atoms with van der Waals surface area (Å²) in [6.45, 7) is 0. The van der Waals surface area contributed by atoms with Gasteiger partial charge >= 0.3 is 40.5 Å². The van der Waals surface area contributed by atoms with Gasteiger partial charge in [-0.2, -0.15) is 0 Å². The van der Waals surface area contributed by atoms with Gasteiger partial charge in [-0.15, -0.1) is 0 Å². The quantitative estimate of drug-likeness (QED) is 0.107. The first-order valence-electron chi connectivity index (χ1n) is 14.2. The van der Waals surface area contributed by atoms with E-state index in [-0.39, 0.29) is 0 Å². The van der Waals surface area contributed by atoms with Crippen LogP contribution in [0.3, 0.4) is 0 Å². The third-order valence-corrected chi connectivity index (χ3v) is 12.2. The van der Waals surface area contributed by atoms with Gasteiger partial charge in [0, 0.05) is 11.1 Å². The Balaban J connectivity index is 0.00000128. The van der Waals surface area contributed by atoms with Crippen LogP contribution in [0, 0.1) is 0 Å². The summed E-state index contributed by atoms with van der Waals surface area (Å²) in [5.74, 6) is 1.68. The predicted molar refractivity (Wildman–Crippen MR) is 200 cm³/mol. The van der Waals surface area contributed by atoms with E-state index < -0.39 is 15.8 Å². The minimum atomic E-state index is -0.898. The summed E-state index contributed by atoms with van der Waals surface area (Å²) >= 11 is 6.64. The van der Waals surface area contributed by atoms with Gasteiger partial charge in [0.25, 0.3) is 0 Å². The molecule has 0 N–H and O–H groups in total. The monoisotopic (exact) mass is 842 g/mol. The van der Waals surface area contributed by atoms with E-state index in [0.29, 0.717) is 13.2 Å². The molecule has 6 rings (SSSR count). The molecule has 0 fully saturated rings. The number of ether oxygens (including phenoxy) is 2. The Kier molecular flexibility index (Phi) is 13.0. The Morgan fingerprint density at radius 2 is 0.667 bits per heavy atom. The molecule has 0 heterocycles. The van der Waals surface area contributed by atoms with E-state index in [0.717, 1.165) is 22.6 Å². The van der Waals surface area contributed by atoms with E-state index in [9.17, 15) is 0 Å². The third-order valence-electron chi connectivity index (χ3n) is 7.24. The maximum atomic E-state index is 6.17. The van der Waals surface area contributed by atoms with Crippen molar-refractivity contribution in [2.24, 2.45) is 0 Å². The standard InChI is InChI=1S/C38H32O2P2.2BrH.Ru/c1-39-33-25-15-27-35(41(29-17-7-3-8-18-29)30-19-9-4-10-20-30)37(33)38-34(40-2)26-16-28-36(38)42(31-21-11-5-12-22-31)32-23-13-6-14-24-32;;;/h3-28H,1-2H3;2*1H;/q;;;+2/p-2. The Hall–Kier alpha value is -2.64. The van der Waals surface area contributed by atoms with Crippen molar-refractivity contribution in [2.75, 3.05) is 14.2 Å². The minimum absolute atomic E-state index is 0.335. The molecule has 0 atom stereocenters. The molecule has 228 valence electrons. The first-order valence-corrected chi connectivity index (χ1v) is 24.8. The summed E-state index contributed by atoms with van der Waals surface area (Å²) in [4.78, 5) is 0. The summed E-state index contributed by atoms with van der Waals surface area (Å²) in [5.41, 5.74) is 2.18. The van der Waals surface area contributed by atoms with E-state index >= 15 is 0 Å². The average Bonchev–Trinajstić information content (AvgIpc) is 3.11. The molecule has 0 saturated heterocycles. The van der Waals surface area contributed by atoms with Gasteiger partial charge in [0.1, 0.15) is 11.5 Å². The topological polar surface area (TPSA) is 18.5 Å². The van der Waals surface area contributed by atoms with Crippen LogP contribution < -0.4 is 41.3 Å². The molecular weight excluding hydrogens is 811 g/mol. The molecule has 0 spiro atoms. The first-order chi connectivity index (χ1) is 22.2.